The SMILES string of the molecule is Cc1cc(C(C2CCNCC2)N2CCN(S(=O)(=O)c3ccc(Br)cc3)CC2)ncn1. The molecule has 1 aromatic carbocycles. The summed E-state index contributed by atoms with van der Waals surface area (Å²) < 4.78 is 28.6. The van der Waals surface area contributed by atoms with E-state index in [2.05, 4.69) is 42.2 Å². The van der Waals surface area contributed by atoms with Gasteiger partial charge in [-0.2, -0.15) is 4.31 Å². The van der Waals surface area contributed by atoms with E-state index in [4.69, 9.17) is 0 Å². The van der Waals surface area contributed by atoms with Crippen LogP contribution in [0.2, 0.25) is 0 Å². The largest absolute Gasteiger partial charge is 0.317 e. The number of benzene rings is 1. The van der Waals surface area contributed by atoms with Crippen molar-refractivity contribution in [3.63, 3.8) is 0 Å². The van der Waals surface area contributed by atoms with Crippen LogP contribution in [0.4, 0.5) is 0 Å². The van der Waals surface area contributed by atoms with E-state index in [0.29, 0.717) is 37.0 Å². The van der Waals surface area contributed by atoms with Crippen LogP contribution < -0.4 is 5.32 Å². The predicted molar refractivity (Wildman–Crippen MR) is 120 cm³/mol. The Labute approximate surface area is 187 Å². The summed E-state index contributed by atoms with van der Waals surface area (Å²) in [5, 5.41) is 3.44. The minimum atomic E-state index is -3.47. The molecule has 0 bridgehead atoms. The lowest BCUT2D eigenvalue weighted by Crippen LogP contribution is -2.51. The van der Waals surface area contributed by atoms with Crippen molar-refractivity contribution in [2.24, 2.45) is 5.92 Å². The summed E-state index contributed by atoms with van der Waals surface area (Å²) in [6.45, 7) is 6.41. The van der Waals surface area contributed by atoms with Gasteiger partial charge in [0, 0.05) is 36.3 Å². The summed E-state index contributed by atoms with van der Waals surface area (Å²) >= 11 is 3.37. The zero-order chi connectivity index (χ0) is 21.1. The maximum absolute atomic E-state index is 13.1. The smallest absolute Gasteiger partial charge is 0.243 e. The zero-order valence-electron chi connectivity index (χ0n) is 17.2. The van der Waals surface area contributed by atoms with Crippen molar-refractivity contribution >= 4 is 26.0 Å². The number of halogens is 1. The highest BCUT2D eigenvalue weighted by molar-refractivity contribution is 9.10. The van der Waals surface area contributed by atoms with Crippen LogP contribution in [0, 0.1) is 12.8 Å². The minimum Gasteiger partial charge on any atom is -0.317 e. The van der Waals surface area contributed by atoms with E-state index in [9.17, 15) is 8.42 Å². The fraction of sp³-hybridized carbons (Fsp3) is 0.524. The number of hydrogen-bond acceptors (Lipinski definition) is 6. The van der Waals surface area contributed by atoms with Gasteiger partial charge in [0.1, 0.15) is 6.33 Å². The Bertz CT molecular complexity index is 956. The Kier molecular flexibility index (Phi) is 6.84. The van der Waals surface area contributed by atoms with Crippen LogP contribution in [0.5, 0.6) is 0 Å². The van der Waals surface area contributed by atoms with Gasteiger partial charge in [0.2, 0.25) is 10.0 Å². The molecule has 2 aromatic rings. The number of sulfonamides is 1. The van der Waals surface area contributed by atoms with Gasteiger partial charge in [0.25, 0.3) is 0 Å². The second-order valence-electron chi connectivity index (χ2n) is 8.01. The number of rotatable bonds is 5. The Morgan fingerprint density at radius 1 is 1.07 bits per heavy atom. The molecule has 0 amide bonds. The lowest BCUT2D eigenvalue weighted by Gasteiger charge is -2.42. The first kappa shape index (κ1) is 21.8. The highest BCUT2D eigenvalue weighted by Crippen LogP contribution is 2.34. The molecule has 9 heteroatoms. The Morgan fingerprint density at radius 2 is 1.73 bits per heavy atom. The maximum atomic E-state index is 13.1. The second kappa shape index (κ2) is 9.40. The van der Waals surface area contributed by atoms with Crippen molar-refractivity contribution < 1.29 is 8.42 Å². The first-order valence-corrected chi connectivity index (χ1v) is 12.7. The van der Waals surface area contributed by atoms with Gasteiger partial charge in [0.05, 0.1) is 16.6 Å². The van der Waals surface area contributed by atoms with E-state index >= 15 is 0 Å². The topological polar surface area (TPSA) is 78.4 Å². The second-order valence-corrected chi connectivity index (χ2v) is 10.9. The van der Waals surface area contributed by atoms with Crippen LogP contribution in [-0.4, -0.2) is 66.9 Å². The standard InChI is InChI=1S/C21H28BrN5O2S/c1-16-14-20(25-15-24-16)21(17-6-8-23-9-7-17)26-10-12-27(13-11-26)30(28,29)19-4-2-18(22)3-5-19/h2-5,14-15,17,21,23H,6-13H2,1H3. The molecule has 30 heavy (non-hydrogen) atoms. The third kappa shape index (κ3) is 4.75. The number of aryl methyl sites for hydroxylation is 1. The molecule has 0 radical (unpaired) electrons. The van der Waals surface area contributed by atoms with Crippen molar-refractivity contribution in [2.45, 2.75) is 30.7 Å². The average Bonchev–Trinajstić information content (AvgIpc) is 2.75. The third-order valence-electron chi connectivity index (χ3n) is 6.08. The minimum absolute atomic E-state index is 0.200. The summed E-state index contributed by atoms with van der Waals surface area (Å²) in [5.74, 6) is 0.509. The quantitative estimate of drug-likeness (QED) is 0.689. The molecule has 2 fully saturated rings. The molecule has 2 aliphatic heterocycles. The molecule has 0 saturated carbocycles. The molecule has 1 aromatic heterocycles. The fourth-order valence-electron chi connectivity index (χ4n) is 4.50. The van der Waals surface area contributed by atoms with Gasteiger partial charge in [-0.25, -0.2) is 18.4 Å². The van der Waals surface area contributed by atoms with Crippen molar-refractivity contribution in [3.05, 3.63) is 52.5 Å². The number of aromatic nitrogens is 2. The average molecular weight is 494 g/mol. The first-order valence-electron chi connectivity index (χ1n) is 10.4. The molecule has 7 nitrogen and oxygen atoms in total. The van der Waals surface area contributed by atoms with Crippen LogP contribution in [0.3, 0.4) is 0 Å². The molecule has 1 N–H and O–H groups in total. The molecule has 162 valence electrons. The highest BCUT2D eigenvalue weighted by Gasteiger charge is 2.36. The number of piperidine rings is 1. The molecule has 0 aliphatic carbocycles. The van der Waals surface area contributed by atoms with E-state index in [-0.39, 0.29) is 6.04 Å². The van der Waals surface area contributed by atoms with Crippen molar-refractivity contribution in [1.82, 2.24) is 24.5 Å². The van der Waals surface area contributed by atoms with Gasteiger partial charge in [-0.05, 0) is 69.1 Å². The molecule has 4 rings (SSSR count). The summed E-state index contributed by atoms with van der Waals surface area (Å²) in [6.07, 6.45) is 3.85. The lowest BCUT2D eigenvalue weighted by atomic mass is 9.86. The zero-order valence-corrected chi connectivity index (χ0v) is 19.6. The molecule has 2 aliphatic rings. The van der Waals surface area contributed by atoms with Gasteiger partial charge >= 0.3 is 0 Å². The van der Waals surface area contributed by atoms with Gasteiger partial charge in [-0.1, -0.05) is 15.9 Å². The van der Waals surface area contributed by atoms with E-state index in [1.54, 1.807) is 34.9 Å². The van der Waals surface area contributed by atoms with Gasteiger partial charge < -0.3 is 5.32 Å². The third-order valence-corrected chi connectivity index (χ3v) is 8.52. The number of hydrogen-bond donors (Lipinski definition) is 1. The van der Waals surface area contributed by atoms with Crippen molar-refractivity contribution in [2.75, 3.05) is 39.3 Å². The fourth-order valence-corrected chi connectivity index (χ4v) is 6.19. The van der Waals surface area contributed by atoms with Crippen LogP contribution >= 0.6 is 15.9 Å². The van der Waals surface area contributed by atoms with E-state index in [0.717, 1.165) is 41.8 Å². The maximum Gasteiger partial charge on any atom is 0.243 e. The van der Waals surface area contributed by atoms with Crippen LogP contribution in [0.25, 0.3) is 0 Å². The highest BCUT2D eigenvalue weighted by atomic mass is 79.9. The van der Waals surface area contributed by atoms with E-state index < -0.39 is 10.0 Å². The summed E-state index contributed by atoms with van der Waals surface area (Å²) in [7, 11) is -3.47. The molecular formula is C21H28BrN5O2S. The normalized spacial score (nSPS) is 20.9. The Morgan fingerprint density at radius 3 is 2.37 bits per heavy atom. The van der Waals surface area contributed by atoms with Gasteiger partial charge in [-0.3, -0.25) is 4.90 Å². The van der Waals surface area contributed by atoms with Crippen LogP contribution in [-0.2, 0) is 10.0 Å². The van der Waals surface area contributed by atoms with E-state index in [1.165, 1.54) is 0 Å². The summed E-state index contributed by atoms with van der Waals surface area (Å²) in [4.78, 5) is 11.6. The van der Waals surface area contributed by atoms with E-state index in [1.807, 2.05) is 6.92 Å². The predicted octanol–water partition coefficient (Wildman–Crippen LogP) is 2.59. The number of nitrogens with zero attached hydrogens (tertiary/aromatic N) is 4. The summed E-state index contributed by atoms with van der Waals surface area (Å²) in [5.41, 5.74) is 2.02. The monoisotopic (exact) mass is 493 g/mol. The van der Waals surface area contributed by atoms with Crippen molar-refractivity contribution in [1.29, 1.82) is 0 Å². The summed E-state index contributed by atoms with van der Waals surface area (Å²) in [6, 6.07) is 9.14. The molecule has 1 atom stereocenters. The molecule has 0 spiro atoms. The Balaban J connectivity index is 1.51. The number of nitrogens with one attached hydrogen (secondary N) is 1. The molecular weight excluding hydrogens is 466 g/mol. The molecule has 2 saturated heterocycles. The molecule has 3 heterocycles. The number of piperazine rings is 1. The van der Waals surface area contributed by atoms with Crippen LogP contribution in [0.15, 0.2) is 46.0 Å². The van der Waals surface area contributed by atoms with Gasteiger partial charge in [0.15, 0.2) is 0 Å². The Hall–Kier alpha value is -1.39. The molecule has 1 unspecified atom stereocenters. The van der Waals surface area contributed by atoms with Crippen LogP contribution in [0.1, 0.15) is 30.3 Å². The first-order chi connectivity index (χ1) is 14.4. The lowest BCUT2D eigenvalue weighted by molar-refractivity contribution is 0.0825. The van der Waals surface area contributed by atoms with Gasteiger partial charge in [-0.15, -0.1) is 0 Å². The van der Waals surface area contributed by atoms with Crippen molar-refractivity contribution in [3.8, 4) is 0 Å².